The van der Waals surface area contributed by atoms with Crippen LogP contribution in [0.4, 0.5) is 5.13 Å². The Morgan fingerprint density at radius 3 is 3.06 bits per heavy atom. The molecule has 1 saturated heterocycles. The van der Waals surface area contributed by atoms with Crippen LogP contribution in [0.5, 0.6) is 0 Å². The maximum atomic E-state index is 11.8. The van der Waals surface area contributed by atoms with Gasteiger partial charge in [-0.15, -0.1) is 10.2 Å². The van der Waals surface area contributed by atoms with Gasteiger partial charge in [0.2, 0.25) is 11.0 Å². The van der Waals surface area contributed by atoms with Crippen LogP contribution in [0.15, 0.2) is 0 Å². The summed E-state index contributed by atoms with van der Waals surface area (Å²) in [7, 11) is 3.45. The maximum absolute atomic E-state index is 11.8. The van der Waals surface area contributed by atoms with E-state index in [0.717, 1.165) is 16.7 Å². The van der Waals surface area contributed by atoms with Gasteiger partial charge in [0, 0.05) is 20.6 Å². The van der Waals surface area contributed by atoms with Gasteiger partial charge in [0.25, 0.3) is 0 Å². The van der Waals surface area contributed by atoms with E-state index in [1.165, 1.54) is 11.3 Å². The summed E-state index contributed by atoms with van der Waals surface area (Å²) in [5.74, 6) is -0.0203. The number of rotatable bonds is 4. The van der Waals surface area contributed by atoms with Crippen LogP contribution < -0.4 is 10.6 Å². The molecule has 2 N–H and O–H groups in total. The quantitative estimate of drug-likeness (QED) is 0.770. The second-order valence-electron chi connectivity index (χ2n) is 3.93. The number of carbonyl (C=O) groups is 1. The zero-order chi connectivity index (χ0) is 13.0. The third-order valence-electron chi connectivity index (χ3n) is 2.81. The van der Waals surface area contributed by atoms with Crippen LogP contribution in [0.2, 0.25) is 0 Å². The lowest BCUT2D eigenvalue weighted by atomic mass is 10.2. The molecular formula is C10H17N5O2S. The molecule has 8 heteroatoms. The predicted octanol–water partition coefficient (Wildman–Crippen LogP) is -0.473. The molecule has 0 bridgehead atoms. The van der Waals surface area contributed by atoms with Crippen molar-refractivity contribution < 1.29 is 9.53 Å². The summed E-state index contributed by atoms with van der Waals surface area (Å²) >= 11 is 1.50. The van der Waals surface area contributed by atoms with Crippen molar-refractivity contribution in [3.05, 3.63) is 5.01 Å². The van der Waals surface area contributed by atoms with Crippen LogP contribution in [0, 0.1) is 0 Å². The molecule has 0 aromatic carbocycles. The molecule has 1 aromatic rings. The Bertz CT molecular complexity index is 411. The van der Waals surface area contributed by atoms with Crippen LogP contribution >= 0.6 is 11.3 Å². The molecule has 18 heavy (non-hydrogen) atoms. The minimum Gasteiger partial charge on any atom is -0.378 e. The summed E-state index contributed by atoms with van der Waals surface area (Å²) in [6.45, 7) is 2.43. The lowest BCUT2D eigenvalue weighted by molar-refractivity contribution is -0.132. The molecule has 7 nitrogen and oxygen atoms in total. The number of morpholine rings is 1. The van der Waals surface area contributed by atoms with Crippen molar-refractivity contribution in [2.75, 3.05) is 39.2 Å². The molecular weight excluding hydrogens is 254 g/mol. The van der Waals surface area contributed by atoms with E-state index in [1.807, 2.05) is 7.05 Å². The largest absolute Gasteiger partial charge is 0.378 e. The fourth-order valence-electron chi connectivity index (χ4n) is 1.83. The van der Waals surface area contributed by atoms with Crippen LogP contribution in [-0.4, -0.2) is 60.9 Å². The molecule has 0 spiro atoms. The smallest absolute Gasteiger partial charge is 0.239 e. The SMILES string of the molecule is CNC(=O)C1COCCN1Cc1nnc(NC)s1. The number of likely N-dealkylation sites (N-methyl/N-ethyl adjacent to an activating group) is 1. The molecule has 1 atom stereocenters. The van der Waals surface area contributed by atoms with Crippen molar-refractivity contribution in [3.63, 3.8) is 0 Å². The highest BCUT2D eigenvalue weighted by Gasteiger charge is 2.29. The summed E-state index contributed by atoms with van der Waals surface area (Å²) in [5, 5.41) is 15.4. The van der Waals surface area contributed by atoms with E-state index < -0.39 is 0 Å². The zero-order valence-corrected chi connectivity index (χ0v) is 11.3. The van der Waals surface area contributed by atoms with Crippen molar-refractivity contribution in [3.8, 4) is 0 Å². The molecule has 2 rings (SSSR count). The Morgan fingerprint density at radius 1 is 1.56 bits per heavy atom. The van der Waals surface area contributed by atoms with E-state index >= 15 is 0 Å². The monoisotopic (exact) mass is 271 g/mol. The van der Waals surface area contributed by atoms with Crippen LogP contribution in [0.25, 0.3) is 0 Å². The van der Waals surface area contributed by atoms with E-state index in [9.17, 15) is 4.79 Å². The van der Waals surface area contributed by atoms with Gasteiger partial charge in [0.1, 0.15) is 11.0 Å². The van der Waals surface area contributed by atoms with Gasteiger partial charge in [-0.05, 0) is 0 Å². The summed E-state index contributed by atoms with van der Waals surface area (Å²) in [6.07, 6.45) is 0. The Morgan fingerprint density at radius 2 is 2.39 bits per heavy atom. The van der Waals surface area contributed by atoms with Crippen molar-refractivity contribution in [2.45, 2.75) is 12.6 Å². The Balaban J connectivity index is 2.02. The lowest BCUT2D eigenvalue weighted by Crippen LogP contribution is -2.52. The van der Waals surface area contributed by atoms with Crippen LogP contribution in [0.3, 0.4) is 0 Å². The number of nitrogens with zero attached hydrogens (tertiary/aromatic N) is 3. The lowest BCUT2D eigenvalue weighted by Gasteiger charge is -2.33. The minimum atomic E-state index is -0.245. The highest BCUT2D eigenvalue weighted by molar-refractivity contribution is 7.15. The van der Waals surface area contributed by atoms with Crippen LogP contribution in [-0.2, 0) is 16.1 Å². The molecule has 100 valence electrons. The van der Waals surface area contributed by atoms with Crippen molar-refractivity contribution >= 4 is 22.4 Å². The molecule has 1 aliphatic heterocycles. The molecule has 1 fully saturated rings. The highest BCUT2D eigenvalue weighted by Crippen LogP contribution is 2.18. The Kier molecular flexibility index (Phi) is 4.45. The van der Waals surface area contributed by atoms with Gasteiger partial charge in [-0.2, -0.15) is 0 Å². The van der Waals surface area contributed by atoms with Gasteiger partial charge in [-0.1, -0.05) is 11.3 Å². The standard InChI is InChI=1S/C10H17N5O2S/c1-11-9(16)7-6-17-4-3-15(7)5-8-13-14-10(12-2)18-8/h7H,3-6H2,1-2H3,(H,11,16)(H,12,14). The number of ether oxygens (including phenoxy) is 1. The Labute approximate surface area is 110 Å². The average molecular weight is 271 g/mol. The summed E-state index contributed by atoms with van der Waals surface area (Å²) < 4.78 is 5.35. The van der Waals surface area contributed by atoms with E-state index in [-0.39, 0.29) is 11.9 Å². The van der Waals surface area contributed by atoms with E-state index in [2.05, 4.69) is 25.7 Å². The van der Waals surface area contributed by atoms with Crippen LogP contribution in [0.1, 0.15) is 5.01 Å². The number of aromatic nitrogens is 2. The van der Waals surface area contributed by atoms with Crippen molar-refractivity contribution in [1.82, 2.24) is 20.4 Å². The van der Waals surface area contributed by atoms with Gasteiger partial charge in [0.15, 0.2) is 0 Å². The van der Waals surface area contributed by atoms with Crippen molar-refractivity contribution in [1.29, 1.82) is 0 Å². The number of hydrogen-bond acceptors (Lipinski definition) is 7. The number of anilines is 1. The third kappa shape index (κ3) is 2.95. The first-order valence-electron chi connectivity index (χ1n) is 5.78. The minimum absolute atomic E-state index is 0.0203. The number of nitrogens with one attached hydrogen (secondary N) is 2. The first-order chi connectivity index (χ1) is 8.74. The molecule has 0 saturated carbocycles. The Hall–Kier alpha value is -1.25. The van der Waals surface area contributed by atoms with E-state index in [0.29, 0.717) is 19.8 Å². The predicted molar refractivity (Wildman–Crippen MR) is 68.5 cm³/mol. The highest BCUT2D eigenvalue weighted by atomic mass is 32.1. The molecule has 0 radical (unpaired) electrons. The first-order valence-corrected chi connectivity index (χ1v) is 6.59. The van der Waals surface area contributed by atoms with Gasteiger partial charge < -0.3 is 15.4 Å². The fourth-order valence-corrected chi connectivity index (χ4v) is 2.55. The topological polar surface area (TPSA) is 79.4 Å². The molecule has 1 unspecified atom stereocenters. The third-order valence-corrected chi connectivity index (χ3v) is 3.73. The normalized spacial score (nSPS) is 20.7. The van der Waals surface area contributed by atoms with E-state index in [1.54, 1.807) is 7.05 Å². The van der Waals surface area contributed by atoms with Gasteiger partial charge >= 0.3 is 0 Å². The second kappa shape index (κ2) is 6.07. The summed E-state index contributed by atoms with van der Waals surface area (Å²) in [5.41, 5.74) is 0. The number of carbonyl (C=O) groups excluding carboxylic acids is 1. The molecule has 1 aliphatic rings. The van der Waals surface area contributed by atoms with Gasteiger partial charge in [-0.25, -0.2) is 0 Å². The van der Waals surface area contributed by atoms with Gasteiger partial charge in [-0.3, -0.25) is 9.69 Å². The molecule has 1 aromatic heterocycles. The summed E-state index contributed by atoms with van der Waals surface area (Å²) in [4.78, 5) is 13.8. The summed E-state index contributed by atoms with van der Waals surface area (Å²) in [6, 6.07) is -0.245. The number of amides is 1. The zero-order valence-electron chi connectivity index (χ0n) is 10.5. The van der Waals surface area contributed by atoms with Gasteiger partial charge in [0.05, 0.1) is 19.8 Å². The molecule has 1 amide bonds. The fraction of sp³-hybridized carbons (Fsp3) is 0.700. The second-order valence-corrected chi connectivity index (χ2v) is 4.99. The van der Waals surface area contributed by atoms with Crippen molar-refractivity contribution in [2.24, 2.45) is 0 Å². The first kappa shape index (κ1) is 13.2. The number of hydrogen-bond donors (Lipinski definition) is 2. The molecule has 2 heterocycles. The molecule has 0 aliphatic carbocycles. The van der Waals surface area contributed by atoms with E-state index in [4.69, 9.17) is 4.74 Å². The average Bonchev–Trinajstić information content (AvgIpc) is 2.86. The maximum Gasteiger partial charge on any atom is 0.239 e.